The van der Waals surface area contributed by atoms with Crippen LogP contribution in [0.4, 0.5) is 0 Å². The highest BCUT2D eigenvalue weighted by molar-refractivity contribution is 6.30. The fourth-order valence-corrected chi connectivity index (χ4v) is 2.37. The van der Waals surface area contributed by atoms with Crippen molar-refractivity contribution in [2.24, 2.45) is 0 Å². The van der Waals surface area contributed by atoms with Crippen molar-refractivity contribution in [2.45, 2.75) is 32.4 Å². The third-order valence-electron chi connectivity index (χ3n) is 3.24. The van der Waals surface area contributed by atoms with Gasteiger partial charge in [0.25, 0.3) is 0 Å². The smallest absolute Gasteiger partial charge is 0.0953 e. The van der Waals surface area contributed by atoms with Crippen molar-refractivity contribution in [3.8, 4) is 0 Å². The van der Waals surface area contributed by atoms with Gasteiger partial charge in [0.05, 0.1) is 12.7 Å². The van der Waals surface area contributed by atoms with Crippen molar-refractivity contribution in [1.29, 1.82) is 0 Å². The summed E-state index contributed by atoms with van der Waals surface area (Å²) in [5, 5.41) is 0.777. The number of hydrogen-bond donors (Lipinski definition) is 0. The first-order valence-corrected chi connectivity index (χ1v) is 6.47. The molecule has 1 aromatic carbocycles. The standard InChI is InChI=1S/C14H20ClNO.ClH/c1-14(2,3)16-7-8-17-13(10-16)11-5-4-6-12(15)9-11;/h4-6,9,13H,7-8,10H2,1-3H3;1H. The van der Waals surface area contributed by atoms with Gasteiger partial charge in [-0.2, -0.15) is 0 Å². The summed E-state index contributed by atoms with van der Waals surface area (Å²) in [6, 6.07) is 7.97. The largest absolute Gasteiger partial charge is 0.371 e. The summed E-state index contributed by atoms with van der Waals surface area (Å²) in [6.07, 6.45) is 0.140. The lowest BCUT2D eigenvalue weighted by molar-refractivity contribution is -0.0596. The minimum atomic E-state index is 0. The summed E-state index contributed by atoms with van der Waals surface area (Å²) < 4.78 is 5.84. The van der Waals surface area contributed by atoms with Gasteiger partial charge in [-0.25, -0.2) is 0 Å². The number of hydrogen-bond acceptors (Lipinski definition) is 2. The zero-order chi connectivity index (χ0) is 12.5. The molecular formula is C14H21Cl2NO. The molecule has 1 aromatic rings. The van der Waals surface area contributed by atoms with Gasteiger partial charge in [0.1, 0.15) is 0 Å². The number of ether oxygens (including phenoxy) is 1. The molecule has 1 fully saturated rings. The lowest BCUT2D eigenvalue weighted by Gasteiger charge is -2.41. The van der Waals surface area contributed by atoms with Gasteiger partial charge in [-0.05, 0) is 38.5 Å². The summed E-state index contributed by atoms with van der Waals surface area (Å²) in [5.74, 6) is 0. The second-order valence-electron chi connectivity index (χ2n) is 5.53. The zero-order valence-electron chi connectivity index (χ0n) is 11.1. The summed E-state index contributed by atoms with van der Waals surface area (Å²) >= 11 is 6.02. The van der Waals surface area contributed by atoms with Gasteiger partial charge >= 0.3 is 0 Å². The Morgan fingerprint density at radius 2 is 2.06 bits per heavy atom. The van der Waals surface area contributed by atoms with Crippen molar-refractivity contribution in [1.82, 2.24) is 4.90 Å². The van der Waals surface area contributed by atoms with Crippen LogP contribution in [0.1, 0.15) is 32.4 Å². The molecule has 1 atom stereocenters. The molecule has 0 radical (unpaired) electrons. The van der Waals surface area contributed by atoms with E-state index in [1.165, 1.54) is 5.56 Å². The summed E-state index contributed by atoms with van der Waals surface area (Å²) in [4.78, 5) is 2.46. The summed E-state index contributed by atoms with van der Waals surface area (Å²) in [6.45, 7) is 9.45. The Hall–Kier alpha value is -0.280. The van der Waals surface area contributed by atoms with E-state index in [1.807, 2.05) is 18.2 Å². The van der Waals surface area contributed by atoms with Crippen LogP contribution in [0.15, 0.2) is 24.3 Å². The van der Waals surface area contributed by atoms with Crippen molar-refractivity contribution >= 4 is 24.0 Å². The van der Waals surface area contributed by atoms with Crippen LogP contribution < -0.4 is 0 Å². The minimum Gasteiger partial charge on any atom is -0.371 e. The van der Waals surface area contributed by atoms with Crippen LogP contribution in [-0.2, 0) is 4.74 Å². The molecule has 18 heavy (non-hydrogen) atoms. The third-order valence-corrected chi connectivity index (χ3v) is 3.47. The van der Waals surface area contributed by atoms with E-state index in [2.05, 4.69) is 31.7 Å². The van der Waals surface area contributed by atoms with Crippen LogP contribution in [0.5, 0.6) is 0 Å². The fourth-order valence-electron chi connectivity index (χ4n) is 2.17. The molecule has 1 unspecified atom stereocenters. The predicted octanol–water partition coefficient (Wildman–Crippen LogP) is 3.93. The van der Waals surface area contributed by atoms with Crippen LogP contribution in [0, 0.1) is 0 Å². The second-order valence-corrected chi connectivity index (χ2v) is 5.97. The van der Waals surface area contributed by atoms with Crippen LogP contribution in [-0.4, -0.2) is 30.1 Å². The lowest BCUT2D eigenvalue weighted by atomic mass is 10.0. The quantitative estimate of drug-likeness (QED) is 0.777. The zero-order valence-corrected chi connectivity index (χ0v) is 12.7. The topological polar surface area (TPSA) is 12.5 Å². The molecule has 0 saturated carbocycles. The number of nitrogens with zero attached hydrogens (tertiary/aromatic N) is 1. The molecule has 0 N–H and O–H groups in total. The van der Waals surface area contributed by atoms with Crippen LogP contribution in [0.2, 0.25) is 5.02 Å². The maximum atomic E-state index is 6.02. The number of rotatable bonds is 1. The van der Waals surface area contributed by atoms with Crippen LogP contribution in [0.25, 0.3) is 0 Å². The van der Waals surface area contributed by atoms with Crippen molar-refractivity contribution in [2.75, 3.05) is 19.7 Å². The van der Waals surface area contributed by atoms with Gasteiger partial charge in [0, 0.05) is 23.7 Å². The molecule has 1 aliphatic rings. The van der Waals surface area contributed by atoms with E-state index in [4.69, 9.17) is 16.3 Å². The number of halogens is 2. The Bertz CT molecular complexity index is 390. The predicted molar refractivity (Wildman–Crippen MR) is 78.7 cm³/mol. The van der Waals surface area contributed by atoms with Gasteiger partial charge in [0.15, 0.2) is 0 Å². The van der Waals surface area contributed by atoms with E-state index in [1.54, 1.807) is 0 Å². The highest BCUT2D eigenvalue weighted by Crippen LogP contribution is 2.27. The van der Waals surface area contributed by atoms with Crippen LogP contribution in [0.3, 0.4) is 0 Å². The Kier molecular flexibility index (Phi) is 5.47. The molecular weight excluding hydrogens is 269 g/mol. The first-order valence-electron chi connectivity index (χ1n) is 6.09. The molecule has 4 heteroatoms. The van der Waals surface area contributed by atoms with Crippen molar-refractivity contribution in [3.63, 3.8) is 0 Å². The minimum absolute atomic E-state index is 0. The van der Waals surface area contributed by atoms with E-state index in [0.29, 0.717) is 0 Å². The van der Waals surface area contributed by atoms with E-state index >= 15 is 0 Å². The molecule has 2 nitrogen and oxygen atoms in total. The molecule has 102 valence electrons. The highest BCUT2D eigenvalue weighted by Gasteiger charge is 2.29. The Balaban J connectivity index is 0.00000162. The van der Waals surface area contributed by atoms with Crippen molar-refractivity contribution < 1.29 is 4.74 Å². The number of benzene rings is 1. The summed E-state index contributed by atoms with van der Waals surface area (Å²) in [7, 11) is 0. The SMILES string of the molecule is CC(C)(C)N1CCOC(c2cccc(Cl)c2)C1.Cl. The monoisotopic (exact) mass is 289 g/mol. The average Bonchev–Trinajstić information content (AvgIpc) is 2.28. The van der Waals surface area contributed by atoms with Gasteiger partial charge in [-0.15, -0.1) is 12.4 Å². The normalized spacial score (nSPS) is 21.4. The average molecular weight is 290 g/mol. The molecule has 0 bridgehead atoms. The van der Waals surface area contributed by atoms with Gasteiger partial charge < -0.3 is 4.74 Å². The van der Waals surface area contributed by atoms with E-state index in [9.17, 15) is 0 Å². The van der Waals surface area contributed by atoms with E-state index in [-0.39, 0.29) is 24.0 Å². The van der Waals surface area contributed by atoms with E-state index in [0.717, 1.165) is 24.7 Å². The molecule has 0 aliphatic carbocycles. The van der Waals surface area contributed by atoms with Gasteiger partial charge in [0.2, 0.25) is 0 Å². The van der Waals surface area contributed by atoms with Crippen molar-refractivity contribution in [3.05, 3.63) is 34.9 Å². The lowest BCUT2D eigenvalue weighted by Crippen LogP contribution is -2.48. The Morgan fingerprint density at radius 1 is 1.33 bits per heavy atom. The first kappa shape index (κ1) is 15.8. The Labute approximate surface area is 121 Å². The molecule has 2 rings (SSSR count). The van der Waals surface area contributed by atoms with Gasteiger partial charge in [-0.3, -0.25) is 4.90 Å². The third kappa shape index (κ3) is 3.86. The maximum Gasteiger partial charge on any atom is 0.0953 e. The molecule has 1 aliphatic heterocycles. The summed E-state index contributed by atoms with van der Waals surface area (Å²) in [5.41, 5.74) is 1.37. The van der Waals surface area contributed by atoms with Gasteiger partial charge in [-0.1, -0.05) is 23.7 Å². The molecule has 1 heterocycles. The van der Waals surface area contributed by atoms with Crippen LogP contribution >= 0.6 is 24.0 Å². The molecule has 0 spiro atoms. The Morgan fingerprint density at radius 3 is 2.67 bits per heavy atom. The number of morpholine rings is 1. The van der Waals surface area contributed by atoms with E-state index < -0.39 is 0 Å². The molecule has 0 amide bonds. The molecule has 1 saturated heterocycles. The highest BCUT2D eigenvalue weighted by atomic mass is 35.5. The second kappa shape index (κ2) is 6.25. The molecule has 0 aromatic heterocycles. The first-order chi connectivity index (χ1) is 7.97. The maximum absolute atomic E-state index is 6.02. The fraction of sp³-hybridized carbons (Fsp3) is 0.571.